The summed E-state index contributed by atoms with van der Waals surface area (Å²) < 4.78 is 39.8. The number of carbonyl (C=O) groups excluding carboxylic acids is 1. The second kappa shape index (κ2) is 8.07. The van der Waals surface area contributed by atoms with E-state index in [-0.39, 0.29) is 12.5 Å². The van der Waals surface area contributed by atoms with Gasteiger partial charge in [0.1, 0.15) is 0 Å². The largest absolute Gasteiger partial charge is 0.416 e. The van der Waals surface area contributed by atoms with Crippen molar-refractivity contribution in [1.29, 1.82) is 0 Å². The summed E-state index contributed by atoms with van der Waals surface area (Å²) in [7, 11) is 0. The second-order valence-corrected chi connectivity index (χ2v) is 6.12. The fourth-order valence-corrected chi connectivity index (χ4v) is 2.66. The molecular formula is C20H18F3N3O. The van der Waals surface area contributed by atoms with Gasteiger partial charge in [0.2, 0.25) is 0 Å². The lowest BCUT2D eigenvalue weighted by Gasteiger charge is -2.09. The molecule has 0 saturated carbocycles. The highest BCUT2D eigenvalue weighted by Gasteiger charge is 2.30. The van der Waals surface area contributed by atoms with Crippen LogP contribution in [0.4, 0.5) is 13.2 Å². The number of hydrogen-bond acceptors (Lipinski definition) is 2. The number of alkyl halides is 3. The minimum absolute atomic E-state index is 0.240. The lowest BCUT2D eigenvalue weighted by molar-refractivity contribution is -0.137. The Hall–Kier alpha value is -3.09. The summed E-state index contributed by atoms with van der Waals surface area (Å²) in [4.78, 5) is 12.2. The fourth-order valence-electron chi connectivity index (χ4n) is 2.66. The van der Waals surface area contributed by atoms with Gasteiger partial charge in [-0.1, -0.05) is 48.5 Å². The zero-order chi connectivity index (χ0) is 19.3. The minimum Gasteiger partial charge on any atom is -0.352 e. The van der Waals surface area contributed by atoms with Gasteiger partial charge in [-0.05, 0) is 23.6 Å². The van der Waals surface area contributed by atoms with Crippen LogP contribution in [-0.4, -0.2) is 22.2 Å². The molecule has 1 aromatic heterocycles. The van der Waals surface area contributed by atoms with E-state index >= 15 is 0 Å². The third kappa shape index (κ3) is 5.20. The molecule has 0 aliphatic heterocycles. The fraction of sp³-hybridized carbons (Fsp3) is 0.200. The summed E-state index contributed by atoms with van der Waals surface area (Å²) in [6, 6.07) is 14.8. The Bertz CT molecular complexity index is 904. The van der Waals surface area contributed by atoms with Gasteiger partial charge in [0.05, 0.1) is 23.9 Å². The standard InChI is InChI=1S/C20H18F3N3O/c21-20(22,23)18-8-4-7-15(11-18)9-10-24-19(27)17-12-25-26(14-17)13-16-5-2-1-3-6-16/h1-8,11-12,14H,9-10,13H2,(H,24,27). The number of amides is 1. The predicted octanol–water partition coefficient (Wildman–Crippen LogP) is 3.92. The first-order valence-corrected chi connectivity index (χ1v) is 8.42. The first-order chi connectivity index (χ1) is 12.9. The molecule has 7 heteroatoms. The lowest BCUT2D eigenvalue weighted by atomic mass is 10.1. The molecule has 1 amide bonds. The lowest BCUT2D eigenvalue weighted by Crippen LogP contribution is -2.25. The van der Waals surface area contributed by atoms with Gasteiger partial charge < -0.3 is 5.32 Å². The van der Waals surface area contributed by atoms with Crippen LogP contribution in [0.5, 0.6) is 0 Å². The Morgan fingerprint density at radius 3 is 2.52 bits per heavy atom. The molecule has 0 spiro atoms. The molecule has 0 aliphatic rings. The highest BCUT2D eigenvalue weighted by Crippen LogP contribution is 2.29. The summed E-state index contributed by atoms with van der Waals surface area (Å²) in [5.41, 5.74) is 1.31. The molecule has 140 valence electrons. The van der Waals surface area contributed by atoms with E-state index < -0.39 is 11.7 Å². The molecule has 3 rings (SSSR count). The number of aromatic nitrogens is 2. The number of hydrogen-bond donors (Lipinski definition) is 1. The first-order valence-electron chi connectivity index (χ1n) is 8.42. The smallest absolute Gasteiger partial charge is 0.352 e. The summed E-state index contributed by atoms with van der Waals surface area (Å²) in [5, 5.41) is 6.88. The van der Waals surface area contributed by atoms with E-state index in [9.17, 15) is 18.0 Å². The number of nitrogens with zero attached hydrogens (tertiary/aromatic N) is 2. The van der Waals surface area contributed by atoms with Gasteiger partial charge in [-0.15, -0.1) is 0 Å². The van der Waals surface area contributed by atoms with Crippen LogP contribution in [0.25, 0.3) is 0 Å². The van der Waals surface area contributed by atoms with Crippen LogP contribution in [-0.2, 0) is 19.1 Å². The van der Waals surface area contributed by atoms with Gasteiger partial charge >= 0.3 is 6.18 Å². The molecule has 0 fully saturated rings. The molecule has 0 aliphatic carbocycles. The molecule has 0 atom stereocenters. The highest BCUT2D eigenvalue weighted by atomic mass is 19.4. The number of nitrogens with one attached hydrogen (secondary N) is 1. The van der Waals surface area contributed by atoms with Crippen molar-refractivity contribution in [2.45, 2.75) is 19.1 Å². The maximum atomic E-state index is 12.7. The second-order valence-electron chi connectivity index (χ2n) is 6.12. The SMILES string of the molecule is O=C(NCCc1cccc(C(F)(F)F)c1)c1cnn(Cc2ccccc2)c1. The average Bonchev–Trinajstić information content (AvgIpc) is 3.11. The van der Waals surface area contributed by atoms with Crippen molar-refractivity contribution in [3.8, 4) is 0 Å². The van der Waals surface area contributed by atoms with Gasteiger partial charge in [0, 0.05) is 12.7 Å². The van der Waals surface area contributed by atoms with Crippen molar-refractivity contribution in [2.75, 3.05) is 6.54 Å². The molecule has 0 unspecified atom stereocenters. The summed E-state index contributed by atoms with van der Waals surface area (Å²) in [5.74, 6) is -0.304. The minimum atomic E-state index is -4.37. The van der Waals surface area contributed by atoms with E-state index in [0.717, 1.165) is 17.7 Å². The summed E-state index contributed by atoms with van der Waals surface area (Å²) >= 11 is 0. The van der Waals surface area contributed by atoms with E-state index in [0.29, 0.717) is 24.1 Å². The Morgan fingerprint density at radius 1 is 1.04 bits per heavy atom. The van der Waals surface area contributed by atoms with E-state index in [1.54, 1.807) is 16.9 Å². The molecule has 27 heavy (non-hydrogen) atoms. The molecule has 1 heterocycles. The van der Waals surface area contributed by atoms with E-state index in [2.05, 4.69) is 10.4 Å². The molecule has 2 aromatic carbocycles. The van der Waals surface area contributed by atoms with Gasteiger partial charge in [-0.2, -0.15) is 18.3 Å². The van der Waals surface area contributed by atoms with Crippen molar-refractivity contribution >= 4 is 5.91 Å². The quantitative estimate of drug-likeness (QED) is 0.712. The van der Waals surface area contributed by atoms with Crippen molar-refractivity contribution in [3.05, 3.63) is 89.2 Å². The summed E-state index contributed by atoms with van der Waals surface area (Å²) in [6.07, 6.45) is -0.935. The Kier molecular flexibility index (Phi) is 5.59. The molecular weight excluding hydrogens is 355 g/mol. The Labute approximate surface area is 154 Å². The van der Waals surface area contributed by atoms with Gasteiger partial charge in [0.25, 0.3) is 5.91 Å². The zero-order valence-corrected chi connectivity index (χ0v) is 14.4. The highest BCUT2D eigenvalue weighted by molar-refractivity contribution is 5.93. The average molecular weight is 373 g/mol. The van der Waals surface area contributed by atoms with Crippen molar-refractivity contribution < 1.29 is 18.0 Å². The van der Waals surface area contributed by atoms with Crippen LogP contribution >= 0.6 is 0 Å². The maximum Gasteiger partial charge on any atom is 0.416 e. The van der Waals surface area contributed by atoms with Crippen LogP contribution in [0.3, 0.4) is 0 Å². The number of carbonyl (C=O) groups is 1. The molecule has 0 bridgehead atoms. The summed E-state index contributed by atoms with van der Waals surface area (Å²) in [6.45, 7) is 0.794. The monoisotopic (exact) mass is 373 g/mol. The number of rotatable bonds is 6. The Balaban J connectivity index is 1.53. The van der Waals surface area contributed by atoms with Crippen molar-refractivity contribution in [1.82, 2.24) is 15.1 Å². The Morgan fingerprint density at radius 2 is 1.78 bits per heavy atom. The normalized spacial score (nSPS) is 11.4. The number of benzene rings is 2. The number of halogens is 3. The van der Waals surface area contributed by atoms with Gasteiger partial charge in [-0.25, -0.2) is 0 Å². The molecule has 1 N–H and O–H groups in total. The maximum absolute atomic E-state index is 12.7. The molecule has 3 aromatic rings. The van der Waals surface area contributed by atoms with Crippen LogP contribution in [0.15, 0.2) is 67.0 Å². The molecule has 0 saturated heterocycles. The molecule has 0 radical (unpaired) electrons. The van der Waals surface area contributed by atoms with Crippen molar-refractivity contribution in [2.24, 2.45) is 0 Å². The van der Waals surface area contributed by atoms with Gasteiger partial charge in [0.15, 0.2) is 0 Å². The predicted molar refractivity (Wildman–Crippen MR) is 95.3 cm³/mol. The third-order valence-electron chi connectivity index (χ3n) is 4.04. The molecule has 4 nitrogen and oxygen atoms in total. The third-order valence-corrected chi connectivity index (χ3v) is 4.04. The van der Waals surface area contributed by atoms with Crippen molar-refractivity contribution in [3.63, 3.8) is 0 Å². The zero-order valence-electron chi connectivity index (χ0n) is 14.4. The van der Waals surface area contributed by atoms with E-state index in [1.807, 2.05) is 30.3 Å². The first kappa shape index (κ1) is 18.7. The van der Waals surface area contributed by atoms with Crippen LogP contribution in [0, 0.1) is 0 Å². The topological polar surface area (TPSA) is 46.9 Å². The van der Waals surface area contributed by atoms with Gasteiger partial charge in [-0.3, -0.25) is 9.48 Å². The van der Waals surface area contributed by atoms with Crippen LogP contribution < -0.4 is 5.32 Å². The van der Waals surface area contributed by atoms with E-state index in [1.165, 1.54) is 12.3 Å². The van der Waals surface area contributed by atoms with Crippen LogP contribution in [0.1, 0.15) is 27.0 Å². The van der Waals surface area contributed by atoms with Crippen LogP contribution in [0.2, 0.25) is 0 Å². The van der Waals surface area contributed by atoms with E-state index in [4.69, 9.17) is 0 Å².